The number of hydrogen-bond acceptors (Lipinski definition) is 3. The lowest BCUT2D eigenvalue weighted by molar-refractivity contribution is 0.0698. The number of fused-ring (bicyclic) bond motifs is 1. The summed E-state index contributed by atoms with van der Waals surface area (Å²) in [6.07, 6.45) is 2.49. The molecule has 1 aromatic carbocycles. The highest BCUT2D eigenvalue weighted by molar-refractivity contribution is 7.91. The molecule has 17 heavy (non-hydrogen) atoms. The Hall–Kier alpha value is -1.82. The molecule has 1 aromatic heterocycles. The van der Waals surface area contributed by atoms with Crippen molar-refractivity contribution in [2.24, 2.45) is 7.05 Å². The van der Waals surface area contributed by atoms with E-state index >= 15 is 0 Å². The molecule has 0 amide bonds. The van der Waals surface area contributed by atoms with E-state index < -0.39 is 15.8 Å². The maximum atomic E-state index is 11.6. The third kappa shape index (κ3) is 1.80. The number of aromatic carboxylic acids is 1. The second kappa shape index (κ2) is 3.59. The molecule has 0 fully saturated rings. The first-order valence-electron chi connectivity index (χ1n) is 4.84. The van der Waals surface area contributed by atoms with E-state index in [1.165, 1.54) is 12.3 Å². The van der Waals surface area contributed by atoms with Crippen LogP contribution in [0.15, 0.2) is 29.3 Å². The standard InChI is InChI=1S/C11H11NO4S/c1-12-6-7(11(13)14)10-8(12)4-3-5-9(10)17(2,15)16/h3-6H,1-2H3,(H,13,14). The Labute approximate surface area is 98.2 Å². The van der Waals surface area contributed by atoms with Gasteiger partial charge in [-0.05, 0) is 12.1 Å². The molecule has 0 unspecified atom stereocenters. The Morgan fingerprint density at radius 3 is 2.53 bits per heavy atom. The number of rotatable bonds is 2. The fourth-order valence-corrected chi connectivity index (χ4v) is 2.79. The number of hydrogen-bond donors (Lipinski definition) is 1. The van der Waals surface area contributed by atoms with Crippen molar-refractivity contribution in [2.75, 3.05) is 6.26 Å². The highest BCUT2D eigenvalue weighted by atomic mass is 32.2. The lowest BCUT2D eigenvalue weighted by atomic mass is 10.2. The third-order valence-electron chi connectivity index (χ3n) is 2.61. The predicted octanol–water partition coefficient (Wildman–Crippen LogP) is 1.28. The van der Waals surface area contributed by atoms with E-state index in [2.05, 4.69) is 0 Å². The molecular weight excluding hydrogens is 242 g/mol. The lowest BCUT2D eigenvalue weighted by Crippen LogP contribution is -2.01. The molecule has 5 nitrogen and oxygen atoms in total. The minimum atomic E-state index is -3.45. The summed E-state index contributed by atoms with van der Waals surface area (Å²) in [6, 6.07) is 4.71. The molecule has 0 atom stereocenters. The molecular formula is C11H11NO4S. The van der Waals surface area contributed by atoms with E-state index in [-0.39, 0.29) is 15.8 Å². The topological polar surface area (TPSA) is 76.4 Å². The average molecular weight is 253 g/mol. The van der Waals surface area contributed by atoms with Crippen molar-refractivity contribution in [3.8, 4) is 0 Å². The second-order valence-electron chi connectivity index (χ2n) is 3.88. The van der Waals surface area contributed by atoms with Crippen LogP contribution in [-0.4, -0.2) is 30.3 Å². The number of carboxylic acids is 1. The zero-order chi connectivity index (χ0) is 12.8. The van der Waals surface area contributed by atoms with Crippen molar-refractivity contribution in [2.45, 2.75) is 4.90 Å². The quantitative estimate of drug-likeness (QED) is 0.874. The van der Waals surface area contributed by atoms with Gasteiger partial charge < -0.3 is 9.67 Å². The van der Waals surface area contributed by atoms with Gasteiger partial charge in [-0.2, -0.15) is 0 Å². The molecule has 0 aliphatic heterocycles. The van der Waals surface area contributed by atoms with Crippen LogP contribution in [0.1, 0.15) is 10.4 Å². The van der Waals surface area contributed by atoms with E-state index in [1.807, 2.05) is 0 Å². The number of nitrogens with zero attached hydrogens (tertiary/aromatic N) is 1. The molecule has 2 rings (SSSR count). The van der Waals surface area contributed by atoms with Gasteiger partial charge in [0.25, 0.3) is 0 Å². The molecule has 0 aliphatic carbocycles. The molecule has 90 valence electrons. The summed E-state index contributed by atoms with van der Waals surface area (Å²) in [4.78, 5) is 11.1. The second-order valence-corrected chi connectivity index (χ2v) is 5.87. The molecule has 1 heterocycles. The first kappa shape index (κ1) is 11.7. The highest BCUT2D eigenvalue weighted by Crippen LogP contribution is 2.27. The Balaban J connectivity index is 3.02. The van der Waals surface area contributed by atoms with Gasteiger partial charge in [0.05, 0.1) is 10.5 Å². The van der Waals surface area contributed by atoms with Crippen LogP contribution in [0, 0.1) is 0 Å². The summed E-state index contributed by atoms with van der Waals surface area (Å²) in [6.45, 7) is 0. The lowest BCUT2D eigenvalue weighted by Gasteiger charge is -2.02. The minimum Gasteiger partial charge on any atom is -0.478 e. The number of carbonyl (C=O) groups is 1. The van der Waals surface area contributed by atoms with Crippen LogP contribution in [-0.2, 0) is 16.9 Å². The van der Waals surface area contributed by atoms with Gasteiger partial charge in [0, 0.05) is 30.4 Å². The molecule has 0 saturated heterocycles. The minimum absolute atomic E-state index is 0.00326. The molecule has 0 bridgehead atoms. The number of benzene rings is 1. The summed E-state index contributed by atoms with van der Waals surface area (Å²) in [7, 11) is -1.77. The maximum Gasteiger partial charge on any atom is 0.337 e. The van der Waals surface area contributed by atoms with E-state index in [1.54, 1.807) is 23.7 Å². The van der Waals surface area contributed by atoms with Gasteiger partial charge in [0.1, 0.15) is 0 Å². The number of sulfone groups is 1. The smallest absolute Gasteiger partial charge is 0.337 e. The summed E-state index contributed by atoms with van der Waals surface area (Å²) in [5, 5.41) is 9.35. The van der Waals surface area contributed by atoms with Gasteiger partial charge in [-0.15, -0.1) is 0 Å². The SMILES string of the molecule is Cn1cc(C(=O)O)c2c(S(C)(=O)=O)cccc21. The summed E-state index contributed by atoms with van der Waals surface area (Å²) >= 11 is 0. The molecule has 0 aliphatic rings. The van der Waals surface area contributed by atoms with Gasteiger partial charge in [0.15, 0.2) is 9.84 Å². The van der Waals surface area contributed by atoms with Crippen LogP contribution in [0.5, 0.6) is 0 Å². The molecule has 0 spiro atoms. The summed E-state index contributed by atoms with van der Waals surface area (Å²) < 4.78 is 24.9. The van der Waals surface area contributed by atoms with Crippen LogP contribution in [0.3, 0.4) is 0 Å². The first-order chi connectivity index (χ1) is 7.82. The predicted molar refractivity (Wildman–Crippen MR) is 63.0 cm³/mol. The van der Waals surface area contributed by atoms with E-state index in [9.17, 15) is 13.2 Å². The Morgan fingerprint density at radius 2 is 2.00 bits per heavy atom. The zero-order valence-electron chi connectivity index (χ0n) is 9.34. The first-order valence-corrected chi connectivity index (χ1v) is 6.73. The molecule has 0 saturated carbocycles. The number of aromatic nitrogens is 1. The summed E-state index contributed by atoms with van der Waals surface area (Å²) in [5.41, 5.74) is 0.592. The van der Waals surface area contributed by atoms with Gasteiger partial charge >= 0.3 is 5.97 Å². The number of carboxylic acid groups (broad SMARTS) is 1. The normalized spacial score (nSPS) is 11.9. The van der Waals surface area contributed by atoms with Crippen LogP contribution in [0.2, 0.25) is 0 Å². The van der Waals surface area contributed by atoms with Crippen molar-refractivity contribution in [1.82, 2.24) is 4.57 Å². The molecule has 2 aromatic rings. The van der Waals surface area contributed by atoms with Crippen LogP contribution in [0.4, 0.5) is 0 Å². The Bertz CT molecular complexity index is 712. The van der Waals surface area contributed by atoms with Crippen LogP contribution >= 0.6 is 0 Å². The van der Waals surface area contributed by atoms with Crippen molar-refractivity contribution in [3.05, 3.63) is 30.0 Å². The van der Waals surface area contributed by atoms with Crippen molar-refractivity contribution < 1.29 is 18.3 Å². The van der Waals surface area contributed by atoms with Gasteiger partial charge in [-0.1, -0.05) is 6.07 Å². The zero-order valence-corrected chi connectivity index (χ0v) is 10.2. The van der Waals surface area contributed by atoms with Gasteiger partial charge in [-0.25, -0.2) is 13.2 Å². The Morgan fingerprint density at radius 1 is 1.35 bits per heavy atom. The van der Waals surface area contributed by atoms with Crippen molar-refractivity contribution in [1.29, 1.82) is 0 Å². The maximum absolute atomic E-state index is 11.6. The average Bonchev–Trinajstić information content (AvgIpc) is 2.55. The van der Waals surface area contributed by atoms with E-state index in [4.69, 9.17) is 5.11 Å². The molecule has 0 radical (unpaired) electrons. The van der Waals surface area contributed by atoms with Crippen LogP contribution < -0.4 is 0 Å². The van der Waals surface area contributed by atoms with E-state index in [0.717, 1.165) is 6.26 Å². The van der Waals surface area contributed by atoms with Crippen LogP contribution in [0.25, 0.3) is 10.9 Å². The fraction of sp³-hybridized carbons (Fsp3) is 0.182. The van der Waals surface area contributed by atoms with Gasteiger partial charge in [-0.3, -0.25) is 0 Å². The largest absolute Gasteiger partial charge is 0.478 e. The highest BCUT2D eigenvalue weighted by Gasteiger charge is 2.20. The molecule has 6 heteroatoms. The van der Waals surface area contributed by atoms with Gasteiger partial charge in [0.2, 0.25) is 0 Å². The van der Waals surface area contributed by atoms with Crippen molar-refractivity contribution in [3.63, 3.8) is 0 Å². The Kier molecular flexibility index (Phi) is 2.46. The van der Waals surface area contributed by atoms with Crippen molar-refractivity contribution >= 4 is 26.7 Å². The summed E-state index contributed by atoms with van der Waals surface area (Å²) in [5.74, 6) is -1.13. The number of aryl methyl sites for hydroxylation is 1. The molecule has 1 N–H and O–H groups in total. The fourth-order valence-electron chi connectivity index (χ4n) is 1.88. The third-order valence-corrected chi connectivity index (χ3v) is 3.75. The monoisotopic (exact) mass is 253 g/mol. The van der Waals surface area contributed by atoms with E-state index in [0.29, 0.717) is 5.52 Å².